The van der Waals surface area contributed by atoms with Crippen molar-refractivity contribution in [1.29, 1.82) is 0 Å². The Bertz CT molecular complexity index is 1290. The van der Waals surface area contributed by atoms with Crippen LogP contribution in [0, 0.1) is 5.92 Å². The molecule has 1 aromatic heterocycles. The van der Waals surface area contributed by atoms with Crippen LogP contribution in [0.25, 0.3) is 11.3 Å². The van der Waals surface area contributed by atoms with E-state index < -0.39 is 10.0 Å². The number of nitrogens with one attached hydrogen (secondary N) is 2. The van der Waals surface area contributed by atoms with Crippen LogP contribution in [0.5, 0.6) is 5.75 Å². The molecule has 0 spiro atoms. The summed E-state index contributed by atoms with van der Waals surface area (Å²) in [6, 6.07) is 18.0. The summed E-state index contributed by atoms with van der Waals surface area (Å²) in [7, 11) is -3.77. The van der Waals surface area contributed by atoms with Gasteiger partial charge in [-0.25, -0.2) is 13.4 Å². The number of benzene rings is 2. The summed E-state index contributed by atoms with van der Waals surface area (Å²) >= 11 is 6.14. The van der Waals surface area contributed by atoms with Gasteiger partial charge in [0.1, 0.15) is 5.75 Å². The van der Waals surface area contributed by atoms with E-state index in [4.69, 9.17) is 16.3 Å². The van der Waals surface area contributed by atoms with Crippen LogP contribution in [0.4, 0.5) is 5.69 Å². The molecule has 0 aliphatic carbocycles. The largest absolute Gasteiger partial charge is 0.494 e. The molecule has 2 aromatic carbocycles. The van der Waals surface area contributed by atoms with Crippen LogP contribution in [-0.2, 0) is 14.8 Å². The van der Waals surface area contributed by atoms with E-state index in [0.29, 0.717) is 31.3 Å². The van der Waals surface area contributed by atoms with E-state index in [0.717, 1.165) is 36.3 Å². The highest BCUT2D eigenvalue weighted by atomic mass is 35.5. The van der Waals surface area contributed by atoms with Gasteiger partial charge in [0.05, 0.1) is 27.9 Å². The highest BCUT2D eigenvalue weighted by Gasteiger charge is 2.27. The molecule has 0 saturated carbocycles. The summed E-state index contributed by atoms with van der Waals surface area (Å²) in [5.41, 5.74) is 2.34. The van der Waals surface area contributed by atoms with E-state index in [-0.39, 0.29) is 15.8 Å². The summed E-state index contributed by atoms with van der Waals surface area (Å²) < 4.78 is 31.5. The number of rotatable bonds is 10. The standard InChI is InChI=1S/C26H29ClN4O4S/c1-19(32)29-26-12-11-23(17-24(26)27)36(33,34)30-31-15-13-20(18-31)5-4-16-35-22-9-7-21(8-10-22)25-6-2-3-14-28-25/h2-3,6-12,14,17,20,30H,4-5,13,15-16,18H2,1H3,(H,29,32)/t20-/m1/s1. The lowest BCUT2D eigenvalue weighted by atomic mass is 10.0. The predicted octanol–water partition coefficient (Wildman–Crippen LogP) is 4.73. The van der Waals surface area contributed by atoms with Gasteiger partial charge in [-0.05, 0) is 79.8 Å². The zero-order chi connectivity index (χ0) is 25.5. The first-order chi connectivity index (χ1) is 17.3. The Morgan fingerprint density at radius 1 is 1.17 bits per heavy atom. The van der Waals surface area contributed by atoms with Gasteiger partial charge in [0, 0.05) is 31.8 Å². The Balaban J connectivity index is 1.20. The molecule has 2 N–H and O–H groups in total. The molecule has 4 rings (SSSR count). The molecule has 2 heterocycles. The summed E-state index contributed by atoms with van der Waals surface area (Å²) in [5, 5.41) is 4.46. The fourth-order valence-electron chi connectivity index (χ4n) is 4.15. The summed E-state index contributed by atoms with van der Waals surface area (Å²) in [5.74, 6) is 0.921. The van der Waals surface area contributed by atoms with Crippen LogP contribution in [-0.4, -0.2) is 44.0 Å². The monoisotopic (exact) mass is 528 g/mol. The van der Waals surface area contributed by atoms with Crippen molar-refractivity contribution < 1.29 is 17.9 Å². The lowest BCUT2D eigenvalue weighted by Gasteiger charge is -2.18. The predicted molar refractivity (Wildman–Crippen MR) is 140 cm³/mol. The maximum Gasteiger partial charge on any atom is 0.253 e. The van der Waals surface area contributed by atoms with Gasteiger partial charge < -0.3 is 10.1 Å². The number of pyridine rings is 1. The van der Waals surface area contributed by atoms with Gasteiger partial charge in [0.2, 0.25) is 5.91 Å². The van der Waals surface area contributed by atoms with Gasteiger partial charge in [-0.2, -0.15) is 0 Å². The van der Waals surface area contributed by atoms with Crippen LogP contribution in [0.15, 0.2) is 71.8 Å². The first kappa shape index (κ1) is 26.1. The number of halogens is 1. The molecule has 0 bridgehead atoms. The third-order valence-corrected chi connectivity index (χ3v) is 7.62. The van der Waals surface area contributed by atoms with E-state index in [2.05, 4.69) is 15.1 Å². The number of carbonyl (C=O) groups is 1. The molecule has 3 aromatic rings. The molecular formula is C26H29ClN4O4S. The number of ether oxygens (including phenoxy) is 1. The molecule has 1 aliphatic rings. The Kier molecular flexibility index (Phi) is 8.58. The van der Waals surface area contributed by atoms with Crippen molar-refractivity contribution in [2.75, 3.05) is 25.0 Å². The van der Waals surface area contributed by atoms with Crippen molar-refractivity contribution in [3.8, 4) is 17.0 Å². The topological polar surface area (TPSA) is 101 Å². The summed E-state index contributed by atoms with van der Waals surface area (Å²) in [4.78, 5) is 18.3. The second kappa shape index (κ2) is 11.8. The fraction of sp³-hybridized carbons (Fsp3) is 0.308. The highest BCUT2D eigenvalue weighted by molar-refractivity contribution is 7.89. The molecular weight excluding hydrogens is 500 g/mol. The van der Waals surface area contributed by atoms with Crippen LogP contribution in [0.2, 0.25) is 5.02 Å². The van der Waals surface area contributed by atoms with E-state index >= 15 is 0 Å². The molecule has 8 nitrogen and oxygen atoms in total. The Hall–Kier alpha value is -2.98. The fourth-order valence-corrected chi connectivity index (χ4v) is 5.57. The number of sulfonamides is 1. The van der Waals surface area contributed by atoms with Gasteiger partial charge in [-0.3, -0.25) is 9.78 Å². The van der Waals surface area contributed by atoms with Gasteiger partial charge in [-0.1, -0.05) is 17.7 Å². The molecule has 0 radical (unpaired) electrons. The number of hydrazine groups is 1. The van der Waals surface area contributed by atoms with Crippen LogP contribution in [0.1, 0.15) is 26.2 Å². The average Bonchev–Trinajstić information content (AvgIpc) is 3.30. The lowest BCUT2D eigenvalue weighted by Crippen LogP contribution is -2.40. The van der Waals surface area contributed by atoms with Crippen molar-refractivity contribution in [3.05, 3.63) is 71.9 Å². The van der Waals surface area contributed by atoms with Gasteiger partial charge in [0.15, 0.2) is 0 Å². The Labute approximate surface area is 216 Å². The Morgan fingerprint density at radius 2 is 1.97 bits per heavy atom. The van der Waals surface area contributed by atoms with Gasteiger partial charge in [0.25, 0.3) is 10.0 Å². The SMILES string of the molecule is CC(=O)Nc1ccc(S(=O)(=O)NN2CC[C@@H](CCCOc3ccc(-c4ccccn4)cc3)C2)cc1Cl. The van der Waals surface area contributed by atoms with Crippen molar-refractivity contribution in [1.82, 2.24) is 14.8 Å². The van der Waals surface area contributed by atoms with E-state index in [1.807, 2.05) is 42.5 Å². The molecule has 190 valence electrons. The minimum absolute atomic E-state index is 0.0486. The number of amides is 1. The first-order valence-electron chi connectivity index (χ1n) is 11.8. The molecule has 1 saturated heterocycles. The summed E-state index contributed by atoms with van der Waals surface area (Å²) in [6.45, 7) is 3.23. The number of aromatic nitrogens is 1. The number of anilines is 1. The normalized spacial score (nSPS) is 16.1. The second-order valence-electron chi connectivity index (χ2n) is 8.75. The second-order valence-corrected chi connectivity index (χ2v) is 10.8. The van der Waals surface area contributed by atoms with Crippen LogP contribution in [0.3, 0.4) is 0 Å². The smallest absolute Gasteiger partial charge is 0.253 e. The van der Waals surface area contributed by atoms with Crippen molar-refractivity contribution >= 4 is 33.2 Å². The van der Waals surface area contributed by atoms with Gasteiger partial charge >= 0.3 is 0 Å². The van der Waals surface area contributed by atoms with E-state index in [1.54, 1.807) is 11.2 Å². The molecule has 36 heavy (non-hydrogen) atoms. The maximum atomic E-state index is 12.8. The number of hydrogen-bond acceptors (Lipinski definition) is 6. The van der Waals surface area contributed by atoms with Crippen molar-refractivity contribution in [2.24, 2.45) is 5.92 Å². The quantitative estimate of drug-likeness (QED) is 0.369. The Morgan fingerprint density at radius 3 is 2.67 bits per heavy atom. The third kappa shape index (κ3) is 7.04. The van der Waals surface area contributed by atoms with Crippen molar-refractivity contribution in [3.63, 3.8) is 0 Å². The molecule has 1 atom stereocenters. The van der Waals surface area contributed by atoms with E-state index in [1.165, 1.54) is 25.1 Å². The third-order valence-electron chi connectivity index (χ3n) is 5.94. The minimum Gasteiger partial charge on any atom is -0.494 e. The zero-order valence-corrected chi connectivity index (χ0v) is 21.6. The van der Waals surface area contributed by atoms with Crippen molar-refractivity contribution in [2.45, 2.75) is 31.1 Å². The average molecular weight is 529 g/mol. The molecule has 1 aliphatic heterocycles. The highest BCUT2D eigenvalue weighted by Crippen LogP contribution is 2.27. The number of nitrogens with zero attached hydrogens (tertiary/aromatic N) is 2. The summed E-state index contributed by atoms with van der Waals surface area (Å²) in [6.07, 6.45) is 4.51. The van der Waals surface area contributed by atoms with Crippen LogP contribution < -0.4 is 14.9 Å². The van der Waals surface area contributed by atoms with Crippen LogP contribution >= 0.6 is 11.6 Å². The minimum atomic E-state index is -3.77. The number of hydrogen-bond donors (Lipinski definition) is 2. The first-order valence-corrected chi connectivity index (χ1v) is 13.6. The van der Waals surface area contributed by atoms with Gasteiger partial charge in [-0.15, -0.1) is 4.83 Å². The lowest BCUT2D eigenvalue weighted by molar-refractivity contribution is -0.114. The zero-order valence-electron chi connectivity index (χ0n) is 20.0. The molecule has 1 fully saturated rings. The molecule has 0 unspecified atom stereocenters. The molecule has 1 amide bonds. The maximum absolute atomic E-state index is 12.8. The van der Waals surface area contributed by atoms with E-state index in [9.17, 15) is 13.2 Å². The number of carbonyl (C=O) groups excluding carboxylic acids is 1. The molecule has 10 heteroatoms.